The first-order valence-electron chi connectivity index (χ1n) is 17.5. The van der Waals surface area contributed by atoms with Gasteiger partial charge in [0, 0.05) is 45.8 Å². The number of hydrogen-bond donors (Lipinski definition) is 2. The van der Waals surface area contributed by atoms with Crippen LogP contribution in [0.25, 0.3) is 21.9 Å². The van der Waals surface area contributed by atoms with Crippen molar-refractivity contribution in [3.63, 3.8) is 0 Å². The van der Waals surface area contributed by atoms with Crippen molar-refractivity contribution in [3.05, 3.63) is 98.5 Å². The largest absolute Gasteiger partial charge is 0.472 e. The maximum absolute atomic E-state index is 13.8. The fraction of sp³-hybridized carbons (Fsp3) is 0.342. The van der Waals surface area contributed by atoms with Crippen molar-refractivity contribution in [1.29, 1.82) is 5.26 Å². The van der Waals surface area contributed by atoms with E-state index in [4.69, 9.17) is 24.7 Å². The topological polar surface area (TPSA) is 134 Å². The Bertz CT molecular complexity index is 2400. The molecule has 4 aromatic heterocycles. The van der Waals surface area contributed by atoms with E-state index >= 15 is 0 Å². The first-order chi connectivity index (χ1) is 26.0. The number of imidazole rings is 1. The number of hydrogen-bond acceptors (Lipinski definition) is 9. The van der Waals surface area contributed by atoms with E-state index < -0.39 is 23.6 Å². The molecule has 8 rings (SSSR count). The van der Waals surface area contributed by atoms with Crippen LogP contribution in [-0.4, -0.2) is 61.3 Å². The van der Waals surface area contributed by atoms with Gasteiger partial charge in [-0.1, -0.05) is 6.07 Å². The van der Waals surface area contributed by atoms with Gasteiger partial charge >= 0.3 is 6.18 Å². The lowest BCUT2D eigenvalue weighted by Gasteiger charge is -2.32. The molecular weight excluding hydrogens is 725 g/mol. The second kappa shape index (κ2) is 14.5. The highest BCUT2D eigenvalue weighted by molar-refractivity contribution is 7.12. The maximum Gasteiger partial charge on any atom is 0.433 e. The van der Waals surface area contributed by atoms with Crippen LogP contribution < -0.4 is 10.1 Å². The van der Waals surface area contributed by atoms with E-state index in [-0.39, 0.29) is 40.1 Å². The van der Waals surface area contributed by atoms with E-state index in [0.29, 0.717) is 47.1 Å². The number of nitrogens with zero attached hydrogens (tertiary/aromatic N) is 6. The predicted octanol–water partition coefficient (Wildman–Crippen LogP) is 7.71. The minimum absolute atomic E-state index is 0.0352. The third-order valence-corrected chi connectivity index (χ3v) is 11.0. The quantitative estimate of drug-likeness (QED) is 0.136. The number of aryl methyl sites for hydroxylation is 1. The Morgan fingerprint density at radius 2 is 1.94 bits per heavy atom. The summed E-state index contributed by atoms with van der Waals surface area (Å²) in [6.45, 7) is 5.35. The molecule has 54 heavy (non-hydrogen) atoms. The van der Waals surface area contributed by atoms with Gasteiger partial charge in [0.05, 0.1) is 35.7 Å². The molecule has 6 heterocycles. The summed E-state index contributed by atoms with van der Waals surface area (Å²) in [5, 5.41) is 17.6. The lowest BCUT2D eigenvalue weighted by Crippen LogP contribution is -2.35. The minimum Gasteiger partial charge on any atom is -0.472 e. The number of H-pyrrole nitrogens is 1. The molecule has 0 spiro atoms. The average Bonchev–Trinajstić information content (AvgIpc) is 3.83. The van der Waals surface area contributed by atoms with Crippen molar-refractivity contribution < 1.29 is 31.8 Å². The van der Waals surface area contributed by atoms with Crippen molar-refractivity contribution in [3.8, 4) is 11.9 Å². The van der Waals surface area contributed by atoms with Crippen molar-refractivity contribution in [1.82, 2.24) is 29.6 Å². The summed E-state index contributed by atoms with van der Waals surface area (Å²) in [7, 11) is 0. The van der Waals surface area contributed by atoms with Crippen molar-refractivity contribution in [2.45, 2.75) is 64.1 Å². The monoisotopic (exact) mass is 758 g/mol. The summed E-state index contributed by atoms with van der Waals surface area (Å²) in [6.07, 6.45) is -1.84. The highest BCUT2D eigenvalue weighted by Gasteiger charge is 2.35. The van der Waals surface area contributed by atoms with Gasteiger partial charge in [-0.3, -0.25) is 14.8 Å². The number of nitriles is 1. The molecule has 0 radical (unpaired) electrons. The normalized spacial score (nSPS) is 16.8. The number of likely N-dealkylation sites (tertiary alicyclic amines) is 1. The van der Waals surface area contributed by atoms with E-state index in [0.717, 1.165) is 60.7 Å². The van der Waals surface area contributed by atoms with Gasteiger partial charge < -0.3 is 19.4 Å². The van der Waals surface area contributed by atoms with Crippen LogP contribution in [0.15, 0.2) is 54.6 Å². The van der Waals surface area contributed by atoms with Gasteiger partial charge in [-0.15, -0.1) is 11.3 Å². The number of alkyl halides is 3. The van der Waals surface area contributed by atoms with E-state index in [1.807, 2.05) is 24.3 Å². The highest BCUT2D eigenvalue weighted by atomic mass is 32.1. The number of amides is 1. The molecule has 2 fully saturated rings. The Morgan fingerprint density at radius 3 is 2.67 bits per heavy atom. The second-order valence-corrected chi connectivity index (χ2v) is 14.7. The number of ether oxygens (including phenoxy) is 2. The number of piperidine rings is 1. The number of halogens is 4. The second-order valence-electron chi connectivity index (χ2n) is 13.6. The summed E-state index contributed by atoms with van der Waals surface area (Å²) in [5.74, 6) is 0.531. The van der Waals surface area contributed by atoms with E-state index in [9.17, 15) is 22.4 Å². The number of nitrogens with one attached hydrogen (secondary N) is 2. The average molecular weight is 759 g/mol. The molecule has 1 atom stereocenters. The number of carbonyl (C=O) groups is 1. The van der Waals surface area contributed by atoms with Crippen molar-refractivity contribution >= 4 is 44.9 Å². The van der Waals surface area contributed by atoms with Gasteiger partial charge in [-0.2, -0.15) is 23.5 Å². The van der Waals surface area contributed by atoms with Crippen LogP contribution >= 0.6 is 11.3 Å². The number of pyridine rings is 1. The number of aromatic amines is 1. The molecule has 2 saturated heterocycles. The summed E-state index contributed by atoms with van der Waals surface area (Å²) in [6, 6.07) is 17.0. The van der Waals surface area contributed by atoms with Crippen LogP contribution in [0.1, 0.15) is 68.1 Å². The molecular formula is C38H34F4N8O3S. The van der Waals surface area contributed by atoms with Crippen molar-refractivity contribution in [2.24, 2.45) is 0 Å². The van der Waals surface area contributed by atoms with Crippen molar-refractivity contribution in [2.75, 3.05) is 25.0 Å². The molecule has 0 saturated carbocycles. The Hall–Kier alpha value is -5.37. The molecule has 0 bridgehead atoms. The molecule has 1 amide bonds. The van der Waals surface area contributed by atoms with Crippen LogP contribution in [0.4, 0.5) is 23.2 Å². The number of rotatable bonds is 10. The lowest BCUT2D eigenvalue weighted by atomic mass is 9.93. The Morgan fingerprint density at radius 1 is 1.13 bits per heavy atom. The first-order valence-corrected chi connectivity index (χ1v) is 18.3. The molecule has 6 aromatic rings. The number of fused-ring (bicyclic) bond motifs is 2. The molecule has 0 aliphatic carbocycles. The molecule has 2 aliphatic rings. The number of benzene rings is 2. The van der Waals surface area contributed by atoms with Gasteiger partial charge in [-0.25, -0.2) is 14.4 Å². The van der Waals surface area contributed by atoms with Gasteiger partial charge in [0.2, 0.25) is 5.88 Å². The minimum atomic E-state index is -4.62. The zero-order valence-corrected chi connectivity index (χ0v) is 29.9. The molecule has 11 nitrogen and oxygen atoms in total. The number of anilines is 1. The fourth-order valence-electron chi connectivity index (χ4n) is 7.09. The van der Waals surface area contributed by atoms with Gasteiger partial charge in [0.25, 0.3) is 5.91 Å². The first kappa shape index (κ1) is 35.6. The van der Waals surface area contributed by atoms with Crippen LogP contribution in [0.3, 0.4) is 0 Å². The summed E-state index contributed by atoms with van der Waals surface area (Å²) < 4.78 is 68.3. The smallest absolute Gasteiger partial charge is 0.433 e. The standard InChI is InChI=1S/C38H34F4N8O3S/c1-21-13-24(15-27-35(21)47-48-36(27)38(40,41)42)44-37(51)23-5-6-31-30(14-23)45-33(50(31)18-25-9-12-52-25)19-49-10-7-22(8-11-49)29-3-2-4-34(46-29)53-20-26-16-28(39)32(17-43)54-26/h2-6,13-16,22,25H,7-12,18-20H2,1H3,(H,44,51)(H,47,48)/t25-/m0/s1. The van der Waals surface area contributed by atoms with E-state index in [1.165, 1.54) is 12.1 Å². The van der Waals surface area contributed by atoms with Gasteiger partial charge in [0.15, 0.2) is 5.82 Å². The lowest BCUT2D eigenvalue weighted by molar-refractivity contribution is -0.139. The summed E-state index contributed by atoms with van der Waals surface area (Å²) >= 11 is 1.07. The molecule has 2 aromatic carbocycles. The number of carbonyl (C=O) groups excluding carboxylic acids is 1. The summed E-state index contributed by atoms with van der Waals surface area (Å²) in [5.41, 5.74) is 2.72. The fourth-order valence-corrected chi connectivity index (χ4v) is 7.84. The van der Waals surface area contributed by atoms with E-state index in [2.05, 4.69) is 25.0 Å². The highest BCUT2D eigenvalue weighted by Crippen LogP contribution is 2.36. The molecule has 16 heteroatoms. The third-order valence-electron chi connectivity index (χ3n) is 9.98. The Balaban J connectivity index is 0.951. The van der Waals surface area contributed by atoms with Gasteiger partial charge in [-0.05, 0) is 87.3 Å². The number of aromatic nitrogens is 5. The number of thiophene rings is 1. The van der Waals surface area contributed by atoms with Crippen LogP contribution in [0.2, 0.25) is 0 Å². The molecule has 2 N–H and O–H groups in total. The molecule has 278 valence electrons. The van der Waals surface area contributed by atoms with Gasteiger partial charge in [0.1, 0.15) is 29.1 Å². The van der Waals surface area contributed by atoms with Crippen LogP contribution in [0.5, 0.6) is 5.88 Å². The van der Waals surface area contributed by atoms with Crippen LogP contribution in [0, 0.1) is 24.1 Å². The predicted molar refractivity (Wildman–Crippen MR) is 193 cm³/mol. The van der Waals surface area contributed by atoms with Crippen LogP contribution in [-0.2, 0) is 30.6 Å². The maximum atomic E-state index is 13.8. The zero-order chi connectivity index (χ0) is 37.6. The molecule has 0 unspecified atom stereocenters. The zero-order valence-electron chi connectivity index (χ0n) is 29.0. The Kier molecular flexibility index (Phi) is 9.55. The Labute approximate surface area is 310 Å². The third kappa shape index (κ3) is 7.26. The molecule has 2 aliphatic heterocycles. The SMILES string of the molecule is Cc1cc(NC(=O)c2ccc3c(c2)nc(CN2CCC(c4cccc(OCc5cc(F)c(C#N)s5)n4)CC2)n3C[C@@H]2CCO2)cc2c(C(F)(F)F)[nH]nc12. The van der Waals surface area contributed by atoms with E-state index in [1.54, 1.807) is 31.2 Å². The summed E-state index contributed by atoms with van der Waals surface area (Å²) in [4.78, 5) is 26.1.